The van der Waals surface area contributed by atoms with Gasteiger partial charge >= 0.3 is 0 Å². The van der Waals surface area contributed by atoms with Crippen LogP contribution in [0.4, 0.5) is 11.4 Å². The number of benzene rings is 3. The van der Waals surface area contributed by atoms with E-state index in [0.717, 1.165) is 27.3 Å². The Balaban J connectivity index is 1.72. The highest BCUT2D eigenvalue weighted by molar-refractivity contribution is 8.04. The van der Waals surface area contributed by atoms with Gasteiger partial charge in [0.05, 0.1) is 12.3 Å². The number of amides is 2. The summed E-state index contributed by atoms with van der Waals surface area (Å²) in [5.74, 6) is 0.0504. The smallest absolute Gasteiger partial charge is 0.283 e. The fourth-order valence-corrected chi connectivity index (χ4v) is 4.63. The van der Waals surface area contributed by atoms with Gasteiger partial charge in [-0.25, -0.2) is 4.90 Å². The van der Waals surface area contributed by atoms with Gasteiger partial charge in [0, 0.05) is 10.6 Å². The van der Waals surface area contributed by atoms with Gasteiger partial charge in [0.1, 0.15) is 16.4 Å². The first-order valence-corrected chi connectivity index (χ1v) is 11.6. The molecule has 0 spiro atoms. The van der Waals surface area contributed by atoms with Gasteiger partial charge in [0.25, 0.3) is 11.8 Å². The van der Waals surface area contributed by atoms with E-state index in [4.69, 9.17) is 4.74 Å². The van der Waals surface area contributed by atoms with Gasteiger partial charge < -0.3 is 10.1 Å². The van der Waals surface area contributed by atoms with E-state index in [9.17, 15) is 9.59 Å². The average Bonchev–Trinajstić information content (AvgIpc) is 3.00. The van der Waals surface area contributed by atoms with Gasteiger partial charge in [0.15, 0.2) is 0 Å². The van der Waals surface area contributed by atoms with Crippen molar-refractivity contribution in [3.05, 3.63) is 94.0 Å². The summed E-state index contributed by atoms with van der Waals surface area (Å²) in [6.45, 7) is 8.42. The molecule has 168 valence electrons. The number of hydrogen-bond acceptors (Lipinski definition) is 5. The molecule has 0 radical (unpaired) electrons. The molecule has 6 heteroatoms. The van der Waals surface area contributed by atoms with Crippen LogP contribution in [0.3, 0.4) is 0 Å². The average molecular weight is 459 g/mol. The SMILES string of the molecule is CCOc1ccc(NC2=C(Sc3ccc(C)cc3)C(=O)N(c3cc(C)cc(C)c3)C2=O)cc1. The molecule has 1 heterocycles. The number of nitrogens with one attached hydrogen (secondary N) is 1. The van der Waals surface area contributed by atoms with E-state index < -0.39 is 0 Å². The van der Waals surface area contributed by atoms with Gasteiger partial charge in [-0.15, -0.1) is 0 Å². The van der Waals surface area contributed by atoms with Gasteiger partial charge in [-0.3, -0.25) is 9.59 Å². The van der Waals surface area contributed by atoms with Crippen LogP contribution in [0.25, 0.3) is 0 Å². The van der Waals surface area contributed by atoms with E-state index in [1.54, 1.807) is 0 Å². The monoisotopic (exact) mass is 458 g/mol. The number of nitrogens with zero attached hydrogens (tertiary/aromatic N) is 1. The summed E-state index contributed by atoms with van der Waals surface area (Å²) >= 11 is 1.30. The fourth-order valence-electron chi connectivity index (χ4n) is 3.70. The maximum atomic E-state index is 13.5. The molecular formula is C27H26N2O3S. The summed E-state index contributed by atoms with van der Waals surface area (Å²) < 4.78 is 5.50. The van der Waals surface area contributed by atoms with Gasteiger partial charge in [-0.2, -0.15) is 0 Å². The molecule has 3 aromatic rings. The lowest BCUT2D eigenvalue weighted by atomic mass is 10.1. The number of ether oxygens (including phenoxy) is 1. The molecule has 0 unspecified atom stereocenters. The van der Waals surface area contributed by atoms with Crippen molar-refractivity contribution in [2.24, 2.45) is 0 Å². The largest absolute Gasteiger partial charge is 0.494 e. The zero-order valence-electron chi connectivity index (χ0n) is 19.1. The summed E-state index contributed by atoms with van der Waals surface area (Å²) in [6, 6.07) is 21.0. The van der Waals surface area contributed by atoms with Crippen LogP contribution in [0.2, 0.25) is 0 Å². The normalized spacial score (nSPS) is 13.6. The van der Waals surface area contributed by atoms with Crippen molar-refractivity contribution in [3.8, 4) is 5.75 Å². The van der Waals surface area contributed by atoms with Crippen LogP contribution in [0, 0.1) is 20.8 Å². The third-order valence-corrected chi connectivity index (χ3v) is 6.27. The number of aryl methyl sites for hydroxylation is 3. The summed E-state index contributed by atoms with van der Waals surface area (Å²) in [5.41, 5.74) is 4.67. The van der Waals surface area contributed by atoms with E-state index in [1.807, 2.05) is 94.4 Å². The molecule has 0 aromatic heterocycles. The van der Waals surface area contributed by atoms with Crippen molar-refractivity contribution < 1.29 is 14.3 Å². The van der Waals surface area contributed by atoms with E-state index in [2.05, 4.69) is 5.32 Å². The Morgan fingerprint density at radius 1 is 0.818 bits per heavy atom. The first-order chi connectivity index (χ1) is 15.9. The highest BCUT2D eigenvalue weighted by Crippen LogP contribution is 2.38. The van der Waals surface area contributed by atoms with Crippen molar-refractivity contribution in [2.75, 3.05) is 16.8 Å². The van der Waals surface area contributed by atoms with E-state index >= 15 is 0 Å². The Labute approximate surface area is 198 Å². The minimum Gasteiger partial charge on any atom is -0.494 e. The number of imide groups is 1. The second-order valence-electron chi connectivity index (χ2n) is 7.99. The Morgan fingerprint density at radius 2 is 1.45 bits per heavy atom. The van der Waals surface area contributed by atoms with Gasteiger partial charge in [-0.05, 0) is 87.4 Å². The topological polar surface area (TPSA) is 58.6 Å². The molecule has 1 aliphatic rings. The van der Waals surface area contributed by atoms with Gasteiger partial charge in [-0.1, -0.05) is 35.5 Å². The van der Waals surface area contributed by atoms with Crippen molar-refractivity contribution >= 4 is 35.0 Å². The molecule has 3 aromatic carbocycles. The molecule has 0 aliphatic carbocycles. The van der Waals surface area contributed by atoms with E-state index in [0.29, 0.717) is 22.9 Å². The fraction of sp³-hybridized carbons (Fsp3) is 0.185. The molecule has 4 rings (SSSR count). The van der Waals surface area contributed by atoms with Gasteiger partial charge in [0.2, 0.25) is 0 Å². The standard InChI is InChI=1S/C27H26N2O3S/c1-5-32-22-10-8-20(9-11-22)28-24-25(33-23-12-6-17(2)7-13-23)27(31)29(26(24)30)21-15-18(3)14-19(4)16-21/h6-16,28H,5H2,1-4H3. The van der Waals surface area contributed by atoms with Crippen LogP contribution in [0.15, 0.2) is 82.2 Å². The Morgan fingerprint density at radius 3 is 2.06 bits per heavy atom. The van der Waals surface area contributed by atoms with Crippen LogP contribution in [0.5, 0.6) is 5.75 Å². The molecule has 0 saturated heterocycles. The molecule has 1 aliphatic heterocycles. The third kappa shape index (κ3) is 4.96. The number of anilines is 2. The van der Waals surface area contributed by atoms with Crippen LogP contribution in [0.1, 0.15) is 23.6 Å². The number of carbonyl (C=O) groups is 2. The van der Waals surface area contributed by atoms with Crippen LogP contribution in [-0.4, -0.2) is 18.4 Å². The summed E-state index contributed by atoms with van der Waals surface area (Å²) in [6.07, 6.45) is 0. The predicted molar refractivity (Wildman–Crippen MR) is 134 cm³/mol. The lowest BCUT2D eigenvalue weighted by Crippen LogP contribution is -2.32. The number of rotatable bonds is 7. The maximum Gasteiger partial charge on any atom is 0.283 e. The van der Waals surface area contributed by atoms with Crippen LogP contribution in [-0.2, 0) is 9.59 Å². The number of thioether (sulfide) groups is 1. The third-order valence-electron chi connectivity index (χ3n) is 5.18. The lowest BCUT2D eigenvalue weighted by molar-refractivity contribution is -0.120. The van der Waals surface area contributed by atoms with E-state index in [-0.39, 0.29) is 17.5 Å². The Kier molecular flexibility index (Phi) is 6.56. The summed E-state index contributed by atoms with van der Waals surface area (Å²) in [7, 11) is 0. The highest BCUT2D eigenvalue weighted by atomic mass is 32.2. The molecule has 0 bridgehead atoms. The lowest BCUT2D eigenvalue weighted by Gasteiger charge is -2.17. The zero-order valence-corrected chi connectivity index (χ0v) is 20.0. The van der Waals surface area contributed by atoms with Crippen molar-refractivity contribution in [2.45, 2.75) is 32.6 Å². The second kappa shape index (κ2) is 9.55. The van der Waals surface area contributed by atoms with Crippen LogP contribution >= 0.6 is 11.8 Å². The minimum atomic E-state index is -0.367. The molecule has 1 N–H and O–H groups in total. The number of carbonyl (C=O) groups excluding carboxylic acids is 2. The van der Waals surface area contributed by atoms with E-state index in [1.165, 1.54) is 16.7 Å². The predicted octanol–water partition coefficient (Wildman–Crippen LogP) is 6.00. The zero-order chi connectivity index (χ0) is 23.5. The Hall–Kier alpha value is -3.51. The summed E-state index contributed by atoms with van der Waals surface area (Å²) in [5, 5.41) is 3.19. The highest BCUT2D eigenvalue weighted by Gasteiger charge is 2.40. The first-order valence-electron chi connectivity index (χ1n) is 10.8. The quantitative estimate of drug-likeness (QED) is 0.440. The number of hydrogen-bond donors (Lipinski definition) is 1. The molecule has 2 amide bonds. The second-order valence-corrected chi connectivity index (χ2v) is 9.08. The first kappa shape index (κ1) is 22.7. The van der Waals surface area contributed by atoms with Crippen molar-refractivity contribution in [1.82, 2.24) is 0 Å². The molecule has 33 heavy (non-hydrogen) atoms. The maximum absolute atomic E-state index is 13.5. The van der Waals surface area contributed by atoms with Crippen molar-refractivity contribution in [3.63, 3.8) is 0 Å². The molecular weight excluding hydrogens is 432 g/mol. The van der Waals surface area contributed by atoms with Crippen molar-refractivity contribution in [1.29, 1.82) is 0 Å². The van der Waals surface area contributed by atoms with Crippen LogP contribution < -0.4 is 15.0 Å². The molecule has 0 saturated carbocycles. The molecule has 5 nitrogen and oxygen atoms in total. The molecule has 0 fully saturated rings. The summed E-state index contributed by atoms with van der Waals surface area (Å²) in [4.78, 5) is 29.6. The molecule has 0 atom stereocenters. The minimum absolute atomic E-state index is 0.272. The Bertz CT molecular complexity index is 1210.